The van der Waals surface area contributed by atoms with Crippen molar-refractivity contribution < 1.29 is 4.79 Å². The van der Waals surface area contributed by atoms with E-state index in [4.69, 9.17) is 0 Å². The Morgan fingerprint density at radius 3 is 2.67 bits per heavy atom. The molecule has 21 heavy (non-hydrogen) atoms. The Hall–Kier alpha value is -1.39. The molecule has 2 heterocycles. The number of para-hydroxylation sites is 1. The Morgan fingerprint density at radius 1 is 1.10 bits per heavy atom. The number of hydrogen-bond donors (Lipinski definition) is 0. The van der Waals surface area contributed by atoms with E-state index in [-0.39, 0.29) is 5.91 Å². The third-order valence-corrected chi connectivity index (χ3v) is 4.65. The van der Waals surface area contributed by atoms with Crippen molar-refractivity contribution in [2.45, 2.75) is 19.3 Å². The molecule has 1 amide bonds. The second-order valence-corrected chi connectivity index (χ2v) is 6.17. The summed E-state index contributed by atoms with van der Waals surface area (Å²) in [6.07, 6.45) is 2.81. The van der Waals surface area contributed by atoms with Gasteiger partial charge in [0.15, 0.2) is 0 Å². The van der Waals surface area contributed by atoms with Crippen LogP contribution in [0.3, 0.4) is 0 Å². The SMILES string of the molecule is CN1CCN(CCC(=O)N2CCCc3ccccc32)CC1. The van der Waals surface area contributed by atoms with Crippen molar-refractivity contribution in [1.82, 2.24) is 9.80 Å². The fourth-order valence-electron chi connectivity index (χ4n) is 3.25. The standard InChI is InChI=1S/C17H25N3O/c1-18-11-13-19(14-12-18)10-8-17(21)20-9-4-6-15-5-2-3-7-16(15)20/h2-3,5,7H,4,6,8-14H2,1H3. The summed E-state index contributed by atoms with van der Waals surface area (Å²) < 4.78 is 0. The normalized spacial score (nSPS) is 20.3. The molecule has 0 N–H and O–H groups in total. The van der Waals surface area contributed by atoms with Crippen LogP contribution in [0.25, 0.3) is 0 Å². The van der Waals surface area contributed by atoms with E-state index < -0.39 is 0 Å². The fraction of sp³-hybridized carbons (Fsp3) is 0.588. The van der Waals surface area contributed by atoms with Gasteiger partial charge in [0.05, 0.1) is 0 Å². The first-order chi connectivity index (χ1) is 10.2. The number of fused-ring (bicyclic) bond motifs is 1. The van der Waals surface area contributed by atoms with Gasteiger partial charge in [0, 0.05) is 51.4 Å². The molecular weight excluding hydrogens is 262 g/mol. The van der Waals surface area contributed by atoms with Gasteiger partial charge in [0.1, 0.15) is 0 Å². The fourth-order valence-corrected chi connectivity index (χ4v) is 3.25. The van der Waals surface area contributed by atoms with Gasteiger partial charge in [-0.2, -0.15) is 0 Å². The highest BCUT2D eigenvalue weighted by molar-refractivity contribution is 5.94. The summed E-state index contributed by atoms with van der Waals surface area (Å²) in [6, 6.07) is 8.33. The van der Waals surface area contributed by atoms with E-state index in [1.807, 2.05) is 11.0 Å². The highest BCUT2D eigenvalue weighted by atomic mass is 16.2. The molecule has 1 aromatic carbocycles. The average Bonchev–Trinajstić information content (AvgIpc) is 2.53. The molecule has 3 rings (SSSR count). The number of amides is 1. The number of hydrogen-bond acceptors (Lipinski definition) is 3. The van der Waals surface area contributed by atoms with Gasteiger partial charge in [-0.3, -0.25) is 4.79 Å². The maximum absolute atomic E-state index is 12.6. The van der Waals surface area contributed by atoms with Crippen molar-refractivity contribution in [3.05, 3.63) is 29.8 Å². The number of piperazine rings is 1. The van der Waals surface area contributed by atoms with Crippen molar-refractivity contribution in [3.63, 3.8) is 0 Å². The van der Waals surface area contributed by atoms with E-state index in [2.05, 4.69) is 35.0 Å². The lowest BCUT2D eigenvalue weighted by molar-refractivity contribution is -0.119. The zero-order valence-electron chi connectivity index (χ0n) is 12.9. The number of rotatable bonds is 3. The number of nitrogens with zero attached hydrogens (tertiary/aromatic N) is 3. The van der Waals surface area contributed by atoms with Gasteiger partial charge in [-0.25, -0.2) is 0 Å². The minimum atomic E-state index is 0.279. The first-order valence-electron chi connectivity index (χ1n) is 8.03. The monoisotopic (exact) mass is 287 g/mol. The Morgan fingerprint density at radius 2 is 1.86 bits per heavy atom. The van der Waals surface area contributed by atoms with Crippen LogP contribution in [0.1, 0.15) is 18.4 Å². The van der Waals surface area contributed by atoms with Crippen LogP contribution in [-0.2, 0) is 11.2 Å². The van der Waals surface area contributed by atoms with Gasteiger partial charge >= 0.3 is 0 Å². The molecule has 0 saturated carbocycles. The lowest BCUT2D eigenvalue weighted by atomic mass is 10.0. The van der Waals surface area contributed by atoms with Gasteiger partial charge in [-0.15, -0.1) is 0 Å². The van der Waals surface area contributed by atoms with Crippen LogP contribution in [0, 0.1) is 0 Å². The zero-order valence-corrected chi connectivity index (χ0v) is 12.9. The number of likely N-dealkylation sites (N-methyl/N-ethyl adjacent to an activating group) is 1. The van der Waals surface area contributed by atoms with E-state index in [0.29, 0.717) is 6.42 Å². The van der Waals surface area contributed by atoms with Crippen LogP contribution < -0.4 is 4.90 Å². The van der Waals surface area contributed by atoms with Crippen molar-refractivity contribution in [2.24, 2.45) is 0 Å². The largest absolute Gasteiger partial charge is 0.312 e. The highest BCUT2D eigenvalue weighted by Gasteiger charge is 2.23. The van der Waals surface area contributed by atoms with Crippen molar-refractivity contribution in [2.75, 3.05) is 51.2 Å². The summed E-state index contributed by atoms with van der Waals surface area (Å²) in [5.74, 6) is 0.279. The van der Waals surface area contributed by atoms with Crippen LogP contribution in [-0.4, -0.2) is 62.0 Å². The van der Waals surface area contributed by atoms with Crippen LogP contribution in [0.4, 0.5) is 5.69 Å². The summed E-state index contributed by atoms with van der Waals surface area (Å²) in [4.78, 5) is 19.3. The number of anilines is 1. The molecule has 0 radical (unpaired) electrons. The number of benzene rings is 1. The van der Waals surface area contributed by atoms with Gasteiger partial charge in [-0.1, -0.05) is 18.2 Å². The maximum atomic E-state index is 12.6. The maximum Gasteiger partial charge on any atom is 0.228 e. The lowest BCUT2D eigenvalue weighted by Crippen LogP contribution is -2.46. The molecule has 2 aliphatic rings. The molecule has 0 bridgehead atoms. The third-order valence-electron chi connectivity index (χ3n) is 4.65. The van der Waals surface area contributed by atoms with Crippen molar-refractivity contribution in [3.8, 4) is 0 Å². The Labute approximate surface area is 127 Å². The van der Waals surface area contributed by atoms with E-state index in [9.17, 15) is 4.79 Å². The number of aryl methyl sites for hydroxylation is 1. The van der Waals surface area contributed by atoms with Crippen LogP contribution in [0.2, 0.25) is 0 Å². The van der Waals surface area contributed by atoms with Crippen molar-refractivity contribution in [1.29, 1.82) is 0 Å². The first-order valence-corrected chi connectivity index (χ1v) is 8.03. The second-order valence-electron chi connectivity index (χ2n) is 6.17. The summed E-state index contributed by atoms with van der Waals surface area (Å²) >= 11 is 0. The molecule has 0 spiro atoms. The van der Waals surface area contributed by atoms with Crippen molar-refractivity contribution >= 4 is 11.6 Å². The number of carbonyl (C=O) groups is 1. The highest BCUT2D eigenvalue weighted by Crippen LogP contribution is 2.27. The minimum absolute atomic E-state index is 0.279. The molecular formula is C17H25N3O. The van der Waals surface area contributed by atoms with Gasteiger partial charge < -0.3 is 14.7 Å². The van der Waals surface area contributed by atoms with Crippen LogP contribution in [0.15, 0.2) is 24.3 Å². The van der Waals surface area contributed by atoms with Gasteiger partial charge in [0.2, 0.25) is 5.91 Å². The van der Waals surface area contributed by atoms with E-state index in [1.54, 1.807) is 0 Å². The average molecular weight is 287 g/mol. The van der Waals surface area contributed by atoms with Gasteiger partial charge in [-0.05, 0) is 31.5 Å². The Balaban J connectivity index is 1.57. The Bertz CT molecular complexity index is 495. The molecule has 0 aromatic heterocycles. The topological polar surface area (TPSA) is 26.8 Å². The molecule has 0 unspecified atom stereocenters. The van der Waals surface area contributed by atoms with Gasteiger partial charge in [0.25, 0.3) is 0 Å². The zero-order chi connectivity index (χ0) is 14.7. The molecule has 1 fully saturated rings. The smallest absolute Gasteiger partial charge is 0.228 e. The molecule has 2 aliphatic heterocycles. The molecule has 4 heteroatoms. The van der Waals surface area contributed by atoms with E-state index in [0.717, 1.165) is 57.8 Å². The predicted octanol–water partition coefficient (Wildman–Crippen LogP) is 1.60. The molecule has 0 atom stereocenters. The second kappa shape index (κ2) is 6.58. The van der Waals surface area contributed by atoms with Crippen LogP contribution >= 0.6 is 0 Å². The molecule has 1 saturated heterocycles. The molecule has 4 nitrogen and oxygen atoms in total. The number of carbonyl (C=O) groups excluding carboxylic acids is 1. The summed E-state index contributed by atoms with van der Waals surface area (Å²) in [5, 5.41) is 0. The molecule has 0 aliphatic carbocycles. The minimum Gasteiger partial charge on any atom is -0.312 e. The van der Waals surface area contributed by atoms with Crippen LogP contribution in [0.5, 0.6) is 0 Å². The summed E-state index contributed by atoms with van der Waals surface area (Å²) in [5.41, 5.74) is 2.45. The first kappa shape index (κ1) is 14.5. The quantitative estimate of drug-likeness (QED) is 0.845. The van der Waals surface area contributed by atoms with E-state index >= 15 is 0 Å². The molecule has 114 valence electrons. The van der Waals surface area contributed by atoms with E-state index in [1.165, 1.54) is 5.56 Å². The summed E-state index contributed by atoms with van der Waals surface area (Å²) in [6.45, 7) is 6.16. The summed E-state index contributed by atoms with van der Waals surface area (Å²) in [7, 11) is 2.16. The lowest BCUT2D eigenvalue weighted by Gasteiger charge is -2.33. The predicted molar refractivity (Wildman–Crippen MR) is 85.7 cm³/mol. The Kier molecular flexibility index (Phi) is 4.56. The molecule has 1 aromatic rings. The third kappa shape index (κ3) is 3.44.